The van der Waals surface area contributed by atoms with Crippen LogP contribution in [0.3, 0.4) is 0 Å². The molecule has 4 rings (SSSR count). The topological polar surface area (TPSA) is 108 Å². The molecule has 3 heterocycles. The molecular weight excluding hydrogens is 465 g/mol. The van der Waals surface area contributed by atoms with E-state index in [1.165, 1.54) is 11.1 Å². The smallest absolute Gasteiger partial charge is 0.255 e. The zero-order valence-electron chi connectivity index (χ0n) is 17.9. The number of hydrogen-bond acceptors (Lipinski definition) is 6. The summed E-state index contributed by atoms with van der Waals surface area (Å²) in [5.74, 6) is -0.820. The summed E-state index contributed by atoms with van der Waals surface area (Å²) in [5.41, 5.74) is 3.68. The fourth-order valence-corrected chi connectivity index (χ4v) is 4.12. The lowest BCUT2D eigenvalue weighted by atomic mass is 10.0. The van der Waals surface area contributed by atoms with Crippen LogP contribution in [0.15, 0.2) is 42.6 Å². The fourth-order valence-electron chi connectivity index (χ4n) is 3.78. The maximum atomic E-state index is 13.2. The Labute approximate surface area is 200 Å². The van der Waals surface area contributed by atoms with E-state index in [1.807, 2.05) is 25.1 Å². The number of nitrogens with zero attached hydrogens (tertiary/aromatic N) is 4. The van der Waals surface area contributed by atoms with Crippen molar-refractivity contribution in [2.45, 2.75) is 32.5 Å². The number of pyridine rings is 1. The van der Waals surface area contributed by atoms with Gasteiger partial charge in [0.1, 0.15) is 6.04 Å². The predicted octanol–water partition coefficient (Wildman–Crippen LogP) is 3.35. The van der Waals surface area contributed by atoms with E-state index in [-0.39, 0.29) is 23.8 Å². The van der Waals surface area contributed by atoms with Crippen molar-refractivity contribution in [3.8, 4) is 11.3 Å². The molecule has 1 aliphatic rings. The Morgan fingerprint density at radius 2 is 2.03 bits per heavy atom. The van der Waals surface area contributed by atoms with E-state index in [0.717, 1.165) is 11.3 Å². The fraction of sp³-hybridized carbons (Fsp3) is 0.261. The second kappa shape index (κ2) is 9.43. The number of nitrogens with one attached hydrogen (secondary N) is 1. The van der Waals surface area contributed by atoms with Crippen LogP contribution in [0, 0.1) is 6.92 Å². The standard InChI is InChI=1S/C23H21Cl2N5O3/c1-12-4-3-5-18(27-12)13(2)28-21(32)19(11-31)30-10-15-7-6-14(8-16(15)22(30)33)20-17(24)9-26-23(25)29-20/h3-9,13,19,31H,10-11H2,1-2H3,(H,28,32)/t13-,19-/m1/s1. The number of hydrogen-bond donors (Lipinski definition) is 2. The number of carbonyl (C=O) groups is 2. The number of amides is 2. The average Bonchev–Trinajstić information content (AvgIpc) is 3.11. The Balaban J connectivity index is 1.55. The summed E-state index contributed by atoms with van der Waals surface area (Å²) in [6.45, 7) is 3.35. The molecule has 2 amide bonds. The molecule has 2 aromatic heterocycles. The summed E-state index contributed by atoms with van der Waals surface area (Å²) in [5, 5.41) is 13.1. The van der Waals surface area contributed by atoms with Crippen molar-refractivity contribution in [2.24, 2.45) is 0 Å². The minimum Gasteiger partial charge on any atom is -0.394 e. The Hall–Kier alpha value is -3.07. The predicted molar refractivity (Wildman–Crippen MR) is 124 cm³/mol. The number of fused-ring (bicyclic) bond motifs is 1. The van der Waals surface area contributed by atoms with E-state index in [2.05, 4.69) is 20.3 Å². The van der Waals surface area contributed by atoms with Gasteiger partial charge in [0.15, 0.2) is 0 Å². The molecular formula is C23H21Cl2N5O3. The molecule has 0 radical (unpaired) electrons. The van der Waals surface area contributed by atoms with Crippen LogP contribution in [0.2, 0.25) is 10.3 Å². The van der Waals surface area contributed by atoms with Crippen molar-refractivity contribution in [1.82, 2.24) is 25.2 Å². The van der Waals surface area contributed by atoms with E-state index >= 15 is 0 Å². The van der Waals surface area contributed by atoms with Gasteiger partial charge in [0.25, 0.3) is 5.91 Å². The van der Waals surface area contributed by atoms with Crippen LogP contribution in [-0.2, 0) is 11.3 Å². The molecule has 2 N–H and O–H groups in total. The van der Waals surface area contributed by atoms with Crippen LogP contribution in [0.4, 0.5) is 0 Å². The van der Waals surface area contributed by atoms with Crippen molar-refractivity contribution in [3.05, 3.63) is 75.4 Å². The third-order valence-electron chi connectivity index (χ3n) is 5.49. The summed E-state index contributed by atoms with van der Waals surface area (Å²) in [7, 11) is 0. The number of rotatable bonds is 6. The Bertz CT molecular complexity index is 1240. The SMILES string of the molecule is Cc1cccc([C@@H](C)NC(=O)[C@@H](CO)N2Cc3ccc(-c4nc(Cl)ncc4Cl)cc3C2=O)n1. The van der Waals surface area contributed by atoms with Gasteiger partial charge in [0, 0.05) is 23.4 Å². The molecule has 3 aromatic rings. The lowest BCUT2D eigenvalue weighted by Gasteiger charge is -2.26. The first kappa shape index (κ1) is 23.1. The van der Waals surface area contributed by atoms with Gasteiger partial charge < -0.3 is 15.3 Å². The minimum absolute atomic E-state index is 0.0390. The molecule has 0 fully saturated rings. The third kappa shape index (κ3) is 4.68. The van der Waals surface area contributed by atoms with Crippen molar-refractivity contribution in [2.75, 3.05) is 6.61 Å². The molecule has 1 aromatic carbocycles. The van der Waals surface area contributed by atoms with Crippen molar-refractivity contribution in [3.63, 3.8) is 0 Å². The van der Waals surface area contributed by atoms with E-state index in [4.69, 9.17) is 23.2 Å². The van der Waals surface area contributed by atoms with Gasteiger partial charge in [-0.2, -0.15) is 0 Å². The number of aryl methyl sites for hydroxylation is 1. The number of aliphatic hydroxyl groups is 1. The molecule has 0 bridgehead atoms. The first-order valence-electron chi connectivity index (χ1n) is 10.3. The number of aromatic nitrogens is 3. The van der Waals surface area contributed by atoms with Gasteiger partial charge in [-0.05, 0) is 49.2 Å². The van der Waals surface area contributed by atoms with E-state index in [9.17, 15) is 14.7 Å². The Kier molecular flexibility index (Phi) is 6.60. The van der Waals surface area contributed by atoms with E-state index in [0.29, 0.717) is 27.5 Å². The molecule has 170 valence electrons. The largest absolute Gasteiger partial charge is 0.394 e. The molecule has 0 spiro atoms. The van der Waals surface area contributed by atoms with E-state index < -0.39 is 18.6 Å². The van der Waals surface area contributed by atoms with Gasteiger partial charge >= 0.3 is 0 Å². The van der Waals surface area contributed by atoms with E-state index in [1.54, 1.807) is 25.1 Å². The molecule has 10 heteroatoms. The number of carbonyl (C=O) groups excluding carboxylic acids is 2. The average molecular weight is 486 g/mol. The maximum absolute atomic E-state index is 13.2. The Morgan fingerprint density at radius 3 is 2.76 bits per heavy atom. The second-order valence-corrected chi connectivity index (χ2v) is 8.52. The van der Waals surface area contributed by atoms with Gasteiger partial charge in [-0.25, -0.2) is 9.97 Å². The molecule has 8 nitrogen and oxygen atoms in total. The van der Waals surface area contributed by atoms with Gasteiger partial charge in [0.05, 0.1) is 35.3 Å². The van der Waals surface area contributed by atoms with Crippen LogP contribution in [0.1, 0.15) is 40.3 Å². The summed E-state index contributed by atoms with van der Waals surface area (Å²) in [6, 6.07) is 9.33. The van der Waals surface area contributed by atoms with Crippen molar-refractivity contribution < 1.29 is 14.7 Å². The lowest BCUT2D eigenvalue weighted by molar-refractivity contribution is -0.127. The zero-order chi connectivity index (χ0) is 23.7. The summed E-state index contributed by atoms with van der Waals surface area (Å²) >= 11 is 12.1. The lowest BCUT2D eigenvalue weighted by Crippen LogP contribution is -2.49. The first-order chi connectivity index (χ1) is 15.8. The third-order valence-corrected chi connectivity index (χ3v) is 5.95. The zero-order valence-corrected chi connectivity index (χ0v) is 19.4. The van der Waals surface area contributed by atoms with Crippen molar-refractivity contribution in [1.29, 1.82) is 0 Å². The van der Waals surface area contributed by atoms with Crippen LogP contribution in [0.5, 0.6) is 0 Å². The molecule has 33 heavy (non-hydrogen) atoms. The van der Waals surface area contributed by atoms with Gasteiger partial charge in [-0.3, -0.25) is 14.6 Å². The van der Waals surface area contributed by atoms with Crippen LogP contribution in [0.25, 0.3) is 11.3 Å². The Morgan fingerprint density at radius 1 is 1.24 bits per heavy atom. The van der Waals surface area contributed by atoms with Crippen LogP contribution in [-0.4, -0.2) is 49.4 Å². The van der Waals surface area contributed by atoms with Gasteiger partial charge in [-0.1, -0.05) is 29.8 Å². The summed E-state index contributed by atoms with van der Waals surface area (Å²) < 4.78 is 0. The summed E-state index contributed by atoms with van der Waals surface area (Å²) in [4.78, 5) is 39.9. The number of aliphatic hydroxyl groups excluding tert-OH is 1. The molecule has 0 unspecified atom stereocenters. The molecule has 2 atom stereocenters. The van der Waals surface area contributed by atoms with Crippen LogP contribution >= 0.6 is 23.2 Å². The summed E-state index contributed by atoms with van der Waals surface area (Å²) in [6.07, 6.45) is 1.39. The molecule has 0 aliphatic carbocycles. The van der Waals surface area contributed by atoms with Crippen LogP contribution < -0.4 is 5.32 Å². The van der Waals surface area contributed by atoms with Gasteiger partial charge in [-0.15, -0.1) is 0 Å². The normalized spacial score (nSPS) is 14.7. The second-order valence-electron chi connectivity index (χ2n) is 7.77. The first-order valence-corrected chi connectivity index (χ1v) is 11.0. The minimum atomic E-state index is -1.04. The number of halogens is 2. The van der Waals surface area contributed by atoms with Gasteiger partial charge in [0.2, 0.25) is 11.2 Å². The maximum Gasteiger partial charge on any atom is 0.255 e. The highest BCUT2D eigenvalue weighted by Gasteiger charge is 2.37. The quantitative estimate of drug-likeness (QED) is 0.518. The molecule has 0 saturated carbocycles. The highest BCUT2D eigenvalue weighted by molar-refractivity contribution is 6.33. The number of benzene rings is 1. The highest BCUT2D eigenvalue weighted by Crippen LogP contribution is 2.32. The molecule has 0 saturated heterocycles. The van der Waals surface area contributed by atoms with Crippen molar-refractivity contribution >= 4 is 35.0 Å². The monoisotopic (exact) mass is 485 g/mol. The highest BCUT2D eigenvalue weighted by atomic mass is 35.5. The molecule has 1 aliphatic heterocycles.